The SMILES string of the molecule is C/C(=C/CCl)CCCC(C)C. The first kappa shape index (κ1) is 11.0. The zero-order chi connectivity index (χ0) is 8.69. The van der Waals surface area contributed by atoms with Crippen molar-refractivity contribution >= 4 is 11.6 Å². The Morgan fingerprint density at radius 1 is 1.45 bits per heavy atom. The van der Waals surface area contributed by atoms with Crippen molar-refractivity contribution in [3.05, 3.63) is 11.6 Å². The molecular weight excluding hydrogens is 156 g/mol. The van der Waals surface area contributed by atoms with Crippen molar-refractivity contribution in [3.8, 4) is 0 Å². The van der Waals surface area contributed by atoms with Crippen molar-refractivity contribution < 1.29 is 0 Å². The van der Waals surface area contributed by atoms with E-state index in [0.29, 0.717) is 5.88 Å². The molecule has 0 rings (SSSR count). The summed E-state index contributed by atoms with van der Waals surface area (Å²) in [6.07, 6.45) is 5.94. The molecule has 0 aromatic heterocycles. The van der Waals surface area contributed by atoms with Crippen LogP contribution in [0.4, 0.5) is 0 Å². The fourth-order valence-corrected chi connectivity index (χ4v) is 1.29. The molecule has 0 spiro atoms. The topological polar surface area (TPSA) is 0 Å². The summed E-state index contributed by atoms with van der Waals surface area (Å²) in [7, 11) is 0. The first-order valence-electron chi connectivity index (χ1n) is 4.38. The molecule has 0 aliphatic rings. The summed E-state index contributed by atoms with van der Waals surface area (Å²) >= 11 is 5.56. The average molecular weight is 175 g/mol. The Balaban J connectivity index is 3.31. The molecule has 0 fully saturated rings. The number of allylic oxidation sites excluding steroid dienone is 2. The number of hydrogen-bond acceptors (Lipinski definition) is 0. The highest BCUT2D eigenvalue weighted by Gasteiger charge is 1.94. The van der Waals surface area contributed by atoms with Gasteiger partial charge in [-0.1, -0.05) is 31.9 Å². The average Bonchev–Trinajstić information content (AvgIpc) is 1.87. The summed E-state index contributed by atoms with van der Waals surface area (Å²) < 4.78 is 0. The van der Waals surface area contributed by atoms with Crippen LogP contribution in [-0.4, -0.2) is 5.88 Å². The molecule has 0 radical (unpaired) electrons. The molecule has 0 aromatic carbocycles. The number of halogens is 1. The molecule has 11 heavy (non-hydrogen) atoms. The Hall–Kier alpha value is 0.0300. The molecule has 0 aliphatic heterocycles. The van der Waals surface area contributed by atoms with Crippen LogP contribution in [0.15, 0.2) is 11.6 Å². The number of alkyl halides is 1. The second kappa shape index (κ2) is 6.72. The van der Waals surface area contributed by atoms with Gasteiger partial charge in [0.2, 0.25) is 0 Å². The molecule has 0 nitrogen and oxygen atoms in total. The molecule has 0 saturated heterocycles. The van der Waals surface area contributed by atoms with Crippen molar-refractivity contribution in [1.29, 1.82) is 0 Å². The molecule has 0 amide bonds. The van der Waals surface area contributed by atoms with Gasteiger partial charge in [0.05, 0.1) is 0 Å². The van der Waals surface area contributed by atoms with E-state index < -0.39 is 0 Å². The molecule has 0 aromatic rings. The first-order valence-corrected chi connectivity index (χ1v) is 4.92. The lowest BCUT2D eigenvalue weighted by Crippen LogP contribution is -1.87. The number of rotatable bonds is 5. The first-order chi connectivity index (χ1) is 5.16. The zero-order valence-electron chi connectivity index (χ0n) is 7.86. The van der Waals surface area contributed by atoms with Crippen LogP contribution in [0.2, 0.25) is 0 Å². The third-order valence-corrected chi connectivity index (χ3v) is 1.93. The largest absolute Gasteiger partial charge is 0.122 e. The summed E-state index contributed by atoms with van der Waals surface area (Å²) in [6, 6.07) is 0. The third kappa shape index (κ3) is 7.93. The van der Waals surface area contributed by atoms with E-state index in [1.54, 1.807) is 0 Å². The molecule has 0 atom stereocenters. The molecule has 0 heterocycles. The van der Waals surface area contributed by atoms with Crippen molar-refractivity contribution in [1.82, 2.24) is 0 Å². The van der Waals surface area contributed by atoms with Crippen molar-refractivity contribution in [2.75, 3.05) is 5.88 Å². The highest BCUT2D eigenvalue weighted by Crippen LogP contribution is 2.11. The summed E-state index contributed by atoms with van der Waals surface area (Å²) in [5.74, 6) is 1.49. The normalized spacial score (nSPS) is 12.6. The van der Waals surface area contributed by atoms with E-state index in [9.17, 15) is 0 Å². The van der Waals surface area contributed by atoms with Crippen LogP contribution < -0.4 is 0 Å². The second-order valence-corrected chi connectivity index (χ2v) is 3.80. The Morgan fingerprint density at radius 2 is 2.09 bits per heavy atom. The van der Waals surface area contributed by atoms with Gasteiger partial charge in [-0.05, 0) is 25.7 Å². The van der Waals surface area contributed by atoms with Crippen LogP contribution in [0.1, 0.15) is 40.0 Å². The Kier molecular flexibility index (Phi) is 6.74. The van der Waals surface area contributed by atoms with Crippen LogP contribution in [-0.2, 0) is 0 Å². The summed E-state index contributed by atoms with van der Waals surface area (Å²) in [5, 5.41) is 0. The van der Waals surface area contributed by atoms with Gasteiger partial charge in [-0.2, -0.15) is 0 Å². The quantitative estimate of drug-likeness (QED) is 0.437. The van der Waals surface area contributed by atoms with Gasteiger partial charge >= 0.3 is 0 Å². The maximum absolute atomic E-state index is 5.56. The zero-order valence-corrected chi connectivity index (χ0v) is 8.62. The van der Waals surface area contributed by atoms with Gasteiger partial charge in [-0.3, -0.25) is 0 Å². The van der Waals surface area contributed by atoms with Gasteiger partial charge in [-0.15, -0.1) is 11.6 Å². The predicted molar refractivity (Wildman–Crippen MR) is 53.2 cm³/mol. The minimum absolute atomic E-state index is 0.660. The highest BCUT2D eigenvalue weighted by atomic mass is 35.5. The molecule has 0 saturated carbocycles. The van der Waals surface area contributed by atoms with Gasteiger partial charge in [-0.25, -0.2) is 0 Å². The highest BCUT2D eigenvalue weighted by molar-refractivity contribution is 6.18. The van der Waals surface area contributed by atoms with Crippen molar-refractivity contribution in [2.24, 2.45) is 5.92 Å². The van der Waals surface area contributed by atoms with E-state index in [2.05, 4.69) is 26.8 Å². The van der Waals surface area contributed by atoms with E-state index >= 15 is 0 Å². The monoisotopic (exact) mass is 174 g/mol. The molecule has 0 bridgehead atoms. The molecular formula is C10H19Cl. The minimum Gasteiger partial charge on any atom is -0.122 e. The summed E-state index contributed by atoms with van der Waals surface area (Å²) in [6.45, 7) is 6.68. The van der Waals surface area contributed by atoms with Crippen molar-refractivity contribution in [3.63, 3.8) is 0 Å². The minimum atomic E-state index is 0.660. The van der Waals surface area contributed by atoms with E-state index in [1.807, 2.05) is 0 Å². The summed E-state index contributed by atoms with van der Waals surface area (Å²) in [4.78, 5) is 0. The van der Waals surface area contributed by atoms with E-state index in [-0.39, 0.29) is 0 Å². The van der Waals surface area contributed by atoms with Crippen LogP contribution in [0, 0.1) is 5.92 Å². The fourth-order valence-electron chi connectivity index (χ4n) is 1.02. The Labute approximate surface area is 75.6 Å². The maximum atomic E-state index is 5.56. The fraction of sp³-hybridized carbons (Fsp3) is 0.800. The Morgan fingerprint density at radius 3 is 2.55 bits per heavy atom. The predicted octanol–water partition coefficient (Wildman–Crippen LogP) is 4.00. The molecule has 66 valence electrons. The van der Waals surface area contributed by atoms with Gasteiger partial charge in [0.25, 0.3) is 0 Å². The van der Waals surface area contributed by atoms with Crippen LogP contribution in [0.5, 0.6) is 0 Å². The van der Waals surface area contributed by atoms with Crippen LogP contribution >= 0.6 is 11.6 Å². The lowest BCUT2D eigenvalue weighted by Gasteiger charge is -2.03. The van der Waals surface area contributed by atoms with E-state index in [1.165, 1.54) is 24.8 Å². The van der Waals surface area contributed by atoms with Crippen molar-refractivity contribution in [2.45, 2.75) is 40.0 Å². The molecule has 0 aliphatic carbocycles. The molecule has 0 unspecified atom stereocenters. The maximum Gasteiger partial charge on any atom is 0.0406 e. The number of hydrogen-bond donors (Lipinski definition) is 0. The van der Waals surface area contributed by atoms with Gasteiger partial charge in [0.1, 0.15) is 0 Å². The van der Waals surface area contributed by atoms with E-state index in [0.717, 1.165) is 5.92 Å². The van der Waals surface area contributed by atoms with Crippen LogP contribution in [0.3, 0.4) is 0 Å². The lowest BCUT2D eigenvalue weighted by atomic mass is 10.0. The standard InChI is InChI=1S/C10H19Cl/c1-9(2)5-4-6-10(3)7-8-11/h7,9H,4-6,8H2,1-3H3/b10-7-. The second-order valence-electron chi connectivity index (χ2n) is 3.49. The Bertz CT molecular complexity index is 114. The van der Waals surface area contributed by atoms with Gasteiger partial charge in [0.15, 0.2) is 0 Å². The summed E-state index contributed by atoms with van der Waals surface area (Å²) in [5.41, 5.74) is 1.43. The molecule has 0 N–H and O–H groups in total. The lowest BCUT2D eigenvalue weighted by molar-refractivity contribution is 0.554. The van der Waals surface area contributed by atoms with E-state index in [4.69, 9.17) is 11.6 Å². The van der Waals surface area contributed by atoms with Gasteiger partial charge in [0, 0.05) is 5.88 Å². The third-order valence-electron chi connectivity index (χ3n) is 1.78. The van der Waals surface area contributed by atoms with Crippen LogP contribution in [0.25, 0.3) is 0 Å². The smallest absolute Gasteiger partial charge is 0.0406 e. The molecule has 1 heteroatoms. The van der Waals surface area contributed by atoms with Gasteiger partial charge < -0.3 is 0 Å².